The lowest BCUT2D eigenvalue weighted by Gasteiger charge is -2.13. The number of hydrogen-bond donors (Lipinski definition) is 0. The molecule has 0 amide bonds. The molecule has 0 unspecified atom stereocenters. The van der Waals surface area contributed by atoms with E-state index in [4.69, 9.17) is 4.74 Å². The maximum absolute atomic E-state index is 13.0. The summed E-state index contributed by atoms with van der Waals surface area (Å²) in [6.07, 6.45) is 7.57. The highest BCUT2D eigenvalue weighted by Gasteiger charge is 2.15. The summed E-state index contributed by atoms with van der Waals surface area (Å²) in [6, 6.07) is 91.0. The van der Waals surface area contributed by atoms with Gasteiger partial charge in [-0.05, 0) is 209 Å². The molecule has 728 valence electrons. The molecule has 18 aromatic rings. The van der Waals surface area contributed by atoms with Crippen molar-refractivity contribution in [1.82, 2.24) is 53.6 Å². The number of rotatable bonds is 22. The van der Waals surface area contributed by atoms with Gasteiger partial charge < -0.3 is 13.9 Å². The van der Waals surface area contributed by atoms with E-state index in [0.29, 0.717) is 66.4 Å². The van der Waals surface area contributed by atoms with Gasteiger partial charge in [-0.1, -0.05) is 313 Å². The number of benzene rings is 8. The predicted molar refractivity (Wildman–Crippen MR) is 592 cm³/mol. The second-order valence-corrected chi connectivity index (χ2v) is 41.0. The third-order valence-corrected chi connectivity index (χ3v) is 26.5. The predicted octanol–water partition coefficient (Wildman–Crippen LogP) is 32.6. The lowest BCUT2D eigenvalue weighted by Crippen LogP contribution is -2.18. The fourth-order valence-electron chi connectivity index (χ4n) is 14.4. The van der Waals surface area contributed by atoms with Crippen LogP contribution in [-0.2, 0) is 26.2 Å². The summed E-state index contributed by atoms with van der Waals surface area (Å²) < 4.78 is 25.8. The van der Waals surface area contributed by atoms with Gasteiger partial charge >= 0.3 is 0 Å². The van der Waals surface area contributed by atoms with Gasteiger partial charge in [-0.2, -0.15) is 21.5 Å². The molecule has 0 atom stereocenters. The molecular formula is C121H140FN11O3S4. The van der Waals surface area contributed by atoms with Crippen molar-refractivity contribution in [2.75, 3.05) is 7.11 Å². The average molecular weight is 1940 g/mol. The second kappa shape index (κ2) is 55.1. The summed E-state index contributed by atoms with van der Waals surface area (Å²) in [5.74, 6) is 5.35. The minimum Gasteiger partial charge on any atom is -0.496 e. The van der Waals surface area contributed by atoms with Crippen molar-refractivity contribution in [1.29, 1.82) is 0 Å². The van der Waals surface area contributed by atoms with Gasteiger partial charge in [-0.15, -0.1) is 34.0 Å². The topological polar surface area (TPSA) is 153 Å². The normalized spacial score (nSPS) is 10.9. The van der Waals surface area contributed by atoms with Crippen LogP contribution >= 0.6 is 45.3 Å². The van der Waals surface area contributed by atoms with E-state index in [0.717, 1.165) is 84.5 Å². The molecule has 140 heavy (non-hydrogen) atoms. The van der Waals surface area contributed by atoms with E-state index in [9.17, 15) is 14.0 Å². The molecule has 10 heterocycles. The Morgan fingerprint density at radius 2 is 0.814 bits per heavy atom. The molecule has 0 aliphatic carbocycles. The van der Waals surface area contributed by atoms with E-state index < -0.39 is 0 Å². The molecular weight excluding hydrogens is 1800 g/mol. The van der Waals surface area contributed by atoms with Crippen molar-refractivity contribution in [2.45, 2.75) is 232 Å². The monoisotopic (exact) mass is 1940 g/mol. The zero-order chi connectivity index (χ0) is 101. The highest BCUT2D eigenvalue weighted by atomic mass is 32.1. The van der Waals surface area contributed by atoms with Crippen LogP contribution in [-0.4, -0.2) is 60.7 Å². The van der Waals surface area contributed by atoms with E-state index in [1.165, 1.54) is 95.8 Å². The SMILES string of the molecule is CC(C)c1ccc(Cn2ccccc2=O)cc1.CC(C)c1cccc(-c2ccccc2)n1.CC(C)c1csc(-c2cccc(F)c2)n1.CC(C)c1csc(-c2ccccc2)n1.CC(C)c1csc(-c2ccsc2)n1.COc1cc(C(C)C)ccc1Cn1ccccc1=O.Cc1cc(C)n(Cc2ccc(C(C)C)cc2)n1.Cc1ccc2cc(C(C)C)ccc2n1.Cc1cnn(Cc2ccc(C(C)C)cc2)c1. The van der Waals surface area contributed by atoms with Crippen molar-refractivity contribution >= 4 is 56.3 Å². The molecule has 8 aromatic carbocycles. The Hall–Kier alpha value is -13.0. The first-order valence-electron chi connectivity index (χ1n) is 48.5. The number of thiophene rings is 1. The van der Waals surface area contributed by atoms with Crippen molar-refractivity contribution < 1.29 is 9.13 Å². The molecule has 19 heteroatoms. The number of methoxy groups -OCH3 is 1. The molecule has 0 saturated carbocycles. The minimum absolute atomic E-state index is 0.00232. The van der Waals surface area contributed by atoms with Crippen LogP contribution in [0.1, 0.15) is 273 Å². The number of fused-ring (bicyclic) bond motifs is 1. The Kier molecular flexibility index (Phi) is 42.9. The first-order valence-corrected chi connectivity index (χ1v) is 52.1. The van der Waals surface area contributed by atoms with Crippen LogP contribution in [0, 0.1) is 33.5 Å². The van der Waals surface area contributed by atoms with Crippen LogP contribution in [0.5, 0.6) is 5.75 Å². The quantitative estimate of drug-likeness (QED) is 0.0641. The summed E-state index contributed by atoms with van der Waals surface area (Å²) in [5, 5.41) is 23.7. The van der Waals surface area contributed by atoms with Crippen LogP contribution in [0.2, 0.25) is 0 Å². The molecule has 0 aliphatic rings. The Bertz CT molecular complexity index is 6840. The van der Waals surface area contributed by atoms with Gasteiger partial charge in [0.25, 0.3) is 11.1 Å². The largest absolute Gasteiger partial charge is 0.496 e. The molecule has 18 rings (SSSR count). The van der Waals surface area contributed by atoms with Crippen molar-refractivity contribution in [2.24, 2.45) is 0 Å². The molecule has 0 aliphatic heterocycles. The standard InChI is InChI=1S/C16H19NO2.C15H20N2.C15H17NO.C14H18N2.C14H15N.C13H15N.C12H12FNS.C12H13NS.C10H11NS2/c1-12(2)13-7-8-14(15(10-13)19-3)11-17-9-5-4-6-16(17)18;1-11(2)15-7-5-14(6-8-15)10-17-13(4)9-12(3)16-17;1-12(2)14-8-6-13(7-9-14)11-16-10-4-3-5-15(16)17;1-11(2)14-6-4-13(5-7-14)10-16-9-12(3)8-15-16;1-11(2)13-9-6-10-14(15-13)12-7-4-3-5-8-12;1-9(2)11-6-7-13-12(8-11)5-4-10(3)14-13;1-8(2)11-7-15-12(14-11)9-4-3-5-10(13)6-9;1-9(2)11-8-14-12(13-11)10-6-4-3-5-7-10;1-7(2)9-6-13-10(11-9)8-3-4-12-5-8/h4-10,12H,11H2,1-3H3;5-9,11H,10H2,1-4H3;3-10,12H,11H2,1-2H3;4-9,11H,10H2,1-3H3;3-11H,1-2H3;4-9H,1-3H3;3-8H,1-2H3;3-9H,1-2H3;3-7H,1-2H3. The molecule has 0 saturated heterocycles. The lowest BCUT2D eigenvalue weighted by atomic mass is 10.0. The molecule has 14 nitrogen and oxygen atoms in total. The number of thiazole rings is 3. The lowest BCUT2D eigenvalue weighted by molar-refractivity contribution is 0.407. The number of aryl methyl sites for hydroxylation is 4. The number of aromatic nitrogens is 11. The highest BCUT2D eigenvalue weighted by Crippen LogP contribution is 2.33. The third-order valence-electron chi connectivity index (χ3n) is 23.1. The van der Waals surface area contributed by atoms with E-state index >= 15 is 0 Å². The van der Waals surface area contributed by atoms with Gasteiger partial charge in [-0.25, -0.2) is 19.3 Å². The summed E-state index contributed by atoms with van der Waals surface area (Å²) >= 11 is 6.73. The van der Waals surface area contributed by atoms with E-state index in [1.807, 2.05) is 103 Å². The Labute approximate surface area is 847 Å². The Morgan fingerprint density at radius 3 is 1.27 bits per heavy atom. The number of pyridine rings is 4. The Balaban J connectivity index is 0.000000162. The fraction of sp³-hybridized carbons (Fsp3) is 0.298. The van der Waals surface area contributed by atoms with Crippen LogP contribution in [0.25, 0.3) is 53.9 Å². The van der Waals surface area contributed by atoms with Crippen LogP contribution in [0.15, 0.2) is 334 Å². The number of ether oxygens (including phenoxy) is 1. The first-order chi connectivity index (χ1) is 67.1. The minimum atomic E-state index is -0.214. The van der Waals surface area contributed by atoms with Gasteiger partial charge in [0.15, 0.2) is 0 Å². The van der Waals surface area contributed by atoms with Gasteiger partial charge in [-0.3, -0.25) is 28.9 Å². The third kappa shape index (κ3) is 34.8. The van der Waals surface area contributed by atoms with Gasteiger partial charge in [0.1, 0.15) is 26.6 Å². The number of nitrogens with zero attached hydrogens (tertiary/aromatic N) is 11. The van der Waals surface area contributed by atoms with Crippen LogP contribution in [0.3, 0.4) is 0 Å². The highest BCUT2D eigenvalue weighted by molar-refractivity contribution is 7.14. The van der Waals surface area contributed by atoms with Gasteiger partial charge in [0.2, 0.25) is 0 Å². The molecule has 0 radical (unpaired) electrons. The van der Waals surface area contributed by atoms with E-state index in [1.54, 1.807) is 98.1 Å². The van der Waals surface area contributed by atoms with Gasteiger partial charge in [0, 0.05) is 103 Å². The number of halogens is 1. The van der Waals surface area contributed by atoms with E-state index in [2.05, 4.69) is 370 Å². The van der Waals surface area contributed by atoms with Crippen molar-refractivity contribution in [3.05, 3.63) is 447 Å². The maximum Gasteiger partial charge on any atom is 0.250 e. The van der Waals surface area contributed by atoms with E-state index in [-0.39, 0.29) is 16.9 Å². The molecule has 10 aromatic heterocycles. The molecule has 0 fully saturated rings. The van der Waals surface area contributed by atoms with Crippen LogP contribution < -0.4 is 15.9 Å². The van der Waals surface area contributed by atoms with Crippen LogP contribution in [0.4, 0.5) is 4.39 Å². The summed E-state index contributed by atoms with van der Waals surface area (Å²) in [6.45, 7) is 50.3. The first kappa shape index (κ1) is 109. The fourth-order valence-corrected chi connectivity index (χ4v) is 18.0. The Morgan fingerprint density at radius 1 is 0.357 bits per heavy atom. The molecule has 0 bridgehead atoms. The summed E-state index contributed by atoms with van der Waals surface area (Å²) in [5.41, 5.74) is 27.4. The summed E-state index contributed by atoms with van der Waals surface area (Å²) in [7, 11) is 1.66. The smallest absolute Gasteiger partial charge is 0.250 e. The maximum atomic E-state index is 13.0. The second-order valence-electron chi connectivity index (χ2n) is 37.7. The van der Waals surface area contributed by atoms with Crippen molar-refractivity contribution in [3.63, 3.8) is 0 Å². The van der Waals surface area contributed by atoms with Gasteiger partial charge in [0.05, 0.1) is 73.5 Å². The summed E-state index contributed by atoms with van der Waals surface area (Å²) in [4.78, 5) is 46.0. The number of hydrogen-bond acceptors (Lipinski definition) is 14. The zero-order valence-electron chi connectivity index (χ0n) is 85.9. The molecule has 0 spiro atoms. The van der Waals surface area contributed by atoms with Crippen molar-refractivity contribution in [3.8, 4) is 48.7 Å². The molecule has 0 N–H and O–H groups in total. The zero-order valence-corrected chi connectivity index (χ0v) is 89.1. The average Bonchev–Trinajstić information content (AvgIpc) is 1.40.